The van der Waals surface area contributed by atoms with Crippen molar-refractivity contribution in [1.29, 1.82) is 0 Å². The van der Waals surface area contributed by atoms with Gasteiger partial charge in [-0.05, 0) is 56.6 Å². The molecule has 1 aromatic carbocycles. The van der Waals surface area contributed by atoms with Crippen LogP contribution in [0.1, 0.15) is 65.4 Å². The van der Waals surface area contributed by atoms with Gasteiger partial charge >= 0.3 is 0 Å². The summed E-state index contributed by atoms with van der Waals surface area (Å²) in [7, 11) is 0. The van der Waals surface area contributed by atoms with Gasteiger partial charge < -0.3 is 20.7 Å². The van der Waals surface area contributed by atoms with E-state index in [0.29, 0.717) is 25.0 Å². The molecule has 2 atom stereocenters. The fraction of sp³-hybridized carbons (Fsp3) is 0.700. The summed E-state index contributed by atoms with van der Waals surface area (Å²) in [6.45, 7) is 8.45. The largest absolute Gasteiger partial charge is 0.508 e. The first-order chi connectivity index (χ1) is 11.3. The van der Waals surface area contributed by atoms with Crippen molar-refractivity contribution in [2.75, 3.05) is 6.61 Å². The summed E-state index contributed by atoms with van der Waals surface area (Å²) in [5, 5.41) is 19.6. The van der Waals surface area contributed by atoms with E-state index < -0.39 is 5.54 Å². The van der Waals surface area contributed by atoms with Gasteiger partial charge in [-0.2, -0.15) is 0 Å². The maximum atomic E-state index is 10.2. The average Bonchev–Trinajstić information content (AvgIpc) is 2.53. The van der Waals surface area contributed by atoms with E-state index in [1.807, 2.05) is 19.1 Å². The third-order valence-electron chi connectivity index (χ3n) is 4.70. The van der Waals surface area contributed by atoms with Gasteiger partial charge in [-0.25, -0.2) is 0 Å². The van der Waals surface area contributed by atoms with E-state index >= 15 is 0 Å². The number of aromatic hydroxyl groups is 1. The number of aliphatic hydroxyl groups is 1. The summed E-state index contributed by atoms with van der Waals surface area (Å²) in [5.41, 5.74) is 6.36. The number of rotatable bonds is 11. The van der Waals surface area contributed by atoms with Crippen LogP contribution in [0, 0.1) is 5.92 Å². The van der Waals surface area contributed by atoms with Crippen LogP contribution in [0.5, 0.6) is 11.5 Å². The molecular weight excluding hydrogens is 302 g/mol. The molecule has 0 aliphatic rings. The SMILES string of the molecule is CC[C@@](N)(CO)CCc1ccc(OC(C)CCCC(C)C)cc1O. The van der Waals surface area contributed by atoms with Crippen molar-refractivity contribution in [2.24, 2.45) is 11.7 Å². The summed E-state index contributed by atoms with van der Waals surface area (Å²) in [6, 6.07) is 5.47. The van der Waals surface area contributed by atoms with Crippen LogP contribution in [-0.2, 0) is 6.42 Å². The third-order valence-corrected chi connectivity index (χ3v) is 4.70. The molecule has 0 saturated heterocycles. The van der Waals surface area contributed by atoms with Crippen molar-refractivity contribution in [3.63, 3.8) is 0 Å². The van der Waals surface area contributed by atoms with Crippen LogP contribution in [0.4, 0.5) is 0 Å². The number of phenols is 1. The predicted molar refractivity (Wildman–Crippen MR) is 99.5 cm³/mol. The first-order valence-electron chi connectivity index (χ1n) is 9.18. The van der Waals surface area contributed by atoms with Crippen LogP contribution < -0.4 is 10.5 Å². The molecule has 138 valence electrons. The quantitative estimate of drug-likeness (QED) is 0.570. The molecule has 1 aromatic rings. The lowest BCUT2D eigenvalue weighted by Gasteiger charge is -2.25. The van der Waals surface area contributed by atoms with Gasteiger partial charge in [0.25, 0.3) is 0 Å². The van der Waals surface area contributed by atoms with E-state index in [-0.39, 0.29) is 18.5 Å². The Kier molecular flexibility index (Phi) is 8.57. The summed E-state index contributed by atoms with van der Waals surface area (Å²) in [4.78, 5) is 0. The van der Waals surface area contributed by atoms with Gasteiger partial charge in [-0.3, -0.25) is 0 Å². The number of benzene rings is 1. The molecule has 1 rings (SSSR count). The van der Waals surface area contributed by atoms with Gasteiger partial charge in [-0.15, -0.1) is 0 Å². The molecule has 0 fully saturated rings. The van der Waals surface area contributed by atoms with Gasteiger partial charge in [0.15, 0.2) is 0 Å². The van der Waals surface area contributed by atoms with Crippen molar-refractivity contribution in [3.05, 3.63) is 23.8 Å². The van der Waals surface area contributed by atoms with Crippen LogP contribution in [0.3, 0.4) is 0 Å². The second-order valence-corrected chi connectivity index (χ2v) is 7.42. The second kappa shape index (κ2) is 9.90. The molecule has 0 amide bonds. The standard InChI is InChI=1S/C20H35NO3/c1-5-20(21,14-22)12-11-17-9-10-18(13-19(17)23)24-16(4)8-6-7-15(2)3/h9-10,13,15-16,22-23H,5-8,11-12,14,21H2,1-4H3/t16?,20-/m0/s1. The molecule has 24 heavy (non-hydrogen) atoms. The van der Waals surface area contributed by atoms with Gasteiger partial charge in [0.05, 0.1) is 12.7 Å². The van der Waals surface area contributed by atoms with E-state index in [9.17, 15) is 10.2 Å². The molecule has 0 aliphatic heterocycles. The number of ether oxygens (including phenoxy) is 1. The molecule has 1 unspecified atom stereocenters. The Labute approximate surface area is 147 Å². The van der Waals surface area contributed by atoms with E-state index in [2.05, 4.69) is 20.8 Å². The lowest BCUT2D eigenvalue weighted by molar-refractivity contribution is 0.182. The van der Waals surface area contributed by atoms with Crippen molar-refractivity contribution in [3.8, 4) is 11.5 Å². The zero-order chi connectivity index (χ0) is 18.2. The fourth-order valence-electron chi connectivity index (χ4n) is 2.68. The number of phenolic OH excluding ortho intramolecular Hbond substituents is 1. The molecular formula is C20H35NO3. The maximum absolute atomic E-state index is 10.2. The Morgan fingerprint density at radius 1 is 1.21 bits per heavy atom. The highest BCUT2D eigenvalue weighted by atomic mass is 16.5. The predicted octanol–water partition coefficient (Wildman–Crippen LogP) is 4.02. The molecule has 4 N–H and O–H groups in total. The number of nitrogens with two attached hydrogens (primary N) is 1. The van der Waals surface area contributed by atoms with Crippen molar-refractivity contribution in [1.82, 2.24) is 0 Å². The molecule has 0 spiro atoms. The van der Waals surface area contributed by atoms with Crippen LogP contribution >= 0.6 is 0 Å². The topological polar surface area (TPSA) is 75.7 Å². The van der Waals surface area contributed by atoms with Crippen molar-refractivity contribution >= 4 is 0 Å². The zero-order valence-corrected chi connectivity index (χ0v) is 15.7. The van der Waals surface area contributed by atoms with Crippen LogP contribution in [0.15, 0.2) is 18.2 Å². The lowest BCUT2D eigenvalue weighted by atomic mass is 9.90. The van der Waals surface area contributed by atoms with E-state index in [1.165, 1.54) is 6.42 Å². The van der Waals surface area contributed by atoms with Crippen LogP contribution in [0.2, 0.25) is 0 Å². The average molecular weight is 338 g/mol. The van der Waals surface area contributed by atoms with Gasteiger partial charge in [0.2, 0.25) is 0 Å². The monoisotopic (exact) mass is 337 g/mol. The molecule has 0 aromatic heterocycles. The summed E-state index contributed by atoms with van der Waals surface area (Å²) in [6.07, 6.45) is 5.50. The minimum Gasteiger partial charge on any atom is -0.508 e. The second-order valence-electron chi connectivity index (χ2n) is 7.42. The van der Waals surface area contributed by atoms with E-state index in [1.54, 1.807) is 6.07 Å². The smallest absolute Gasteiger partial charge is 0.123 e. The number of hydrogen-bond donors (Lipinski definition) is 3. The highest BCUT2D eigenvalue weighted by Gasteiger charge is 2.21. The normalized spacial score (nSPS) is 15.3. The van der Waals surface area contributed by atoms with Crippen molar-refractivity contribution < 1.29 is 14.9 Å². The fourth-order valence-corrected chi connectivity index (χ4v) is 2.68. The minimum atomic E-state index is -0.577. The minimum absolute atomic E-state index is 0.0423. The highest BCUT2D eigenvalue weighted by Crippen LogP contribution is 2.27. The maximum Gasteiger partial charge on any atom is 0.123 e. The Morgan fingerprint density at radius 2 is 1.92 bits per heavy atom. The van der Waals surface area contributed by atoms with Crippen molar-refractivity contribution in [2.45, 2.75) is 77.9 Å². The zero-order valence-electron chi connectivity index (χ0n) is 15.7. The van der Waals surface area contributed by atoms with Gasteiger partial charge in [0.1, 0.15) is 11.5 Å². The number of hydrogen-bond acceptors (Lipinski definition) is 4. The Bertz CT molecular complexity index is 484. The number of aliphatic hydroxyl groups excluding tert-OH is 1. The summed E-state index contributed by atoms with van der Waals surface area (Å²) >= 11 is 0. The molecule has 0 radical (unpaired) electrons. The first kappa shape index (κ1) is 20.8. The van der Waals surface area contributed by atoms with Crippen LogP contribution in [0.25, 0.3) is 0 Å². The van der Waals surface area contributed by atoms with Gasteiger partial charge in [0, 0.05) is 11.6 Å². The van der Waals surface area contributed by atoms with Crippen LogP contribution in [-0.4, -0.2) is 28.5 Å². The molecule has 0 heterocycles. The first-order valence-corrected chi connectivity index (χ1v) is 9.18. The molecule has 4 nitrogen and oxygen atoms in total. The molecule has 0 aliphatic carbocycles. The Hall–Kier alpha value is -1.26. The summed E-state index contributed by atoms with van der Waals surface area (Å²) < 4.78 is 5.90. The molecule has 4 heteroatoms. The Balaban J connectivity index is 2.55. The Morgan fingerprint density at radius 3 is 2.46 bits per heavy atom. The third kappa shape index (κ3) is 7.10. The summed E-state index contributed by atoms with van der Waals surface area (Å²) in [5.74, 6) is 1.65. The van der Waals surface area contributed by atoms with Gasteiger partial charge in [-0.1, -0.05) is 33.3 Å². The molecule has 0 saturated carbocycles. The number of aryl methyl sites for hydroxylation is 1. The molecule has 0 bridgehead atoms. The van der Waals surface area contributed by atoms with E-state index in [0.717, 1.165) is 24.3 Å². The highest BCUT2D eigenvalue weighted by molar-refractivity contribution is 5.40. The lowest BCUT2D eigenvalue weighted by Crippen LogP contribution is -2.43. The van der Waals surface area contributed by atoms with E-state index in [4.69, 9.17) is 10.5 Å².